The normalized spacial score (nSPS) is 10.6. The molecule has 2 amide bonds. The van der Waals surface area contributed by atoms with Crippen molar-refractivity contribution >= 4 is 41.0 Å². The molecule has 0 unspecified atom stereocenters. The molecule has 30 heavy (non-hydrogen) atoms. The monoisotopic (exact) mass is 421 g/mol. The van der Waals surface area contributed by atoms with Crippen molar-refractivity contribution < 1.29 is 19.1 Å². The van der Waals surface area contributed by atoms with Crippen LogP contribution in [-0.4, -0.2) is 24.0 Å². The van der Waals surface area contributed by atoms with E-state index < -0.39 is 17.8 Å². The molecule has 0 saturated heterocycles. The first-order valence-corrected chi connectivity index (χ1v) is 9.87. The minimum absolute atomic E-state index is 0.344. The predicted octanol–water partition coefficient (Wildman–Crippen LogP) is 3.67. The first-order chi connectivity index (χ1) is 14.4. The number of anilines is 1. The second kappa shape index (κ2) is 9.62. The number of aryl methyl sites for hydroxylation is 2. The van der Waals surface area contributed by atoms with Gasteiger partial charge in [0.1, 0.15) is 10.6 Å². The summed E-state index contributed by atoms with van der Waals surface area (Å²) in [6.45, 7) is 3.80. The third-order valence-electron chi connectivity index (χ3n) is 3.86. The van der Waals surface area contributed by atoms with Gasteiger partial charge < -0.3 is 10.1 Å². The van der Waals surface area contributed by atoms with Crippen LogP contribution in [0.2, 0.25) is 0 Å². The lowest BCUT2D eigenvalue weighted by Crippen LogP contribution is -2.32. The highest BCUT2D eigenvalue weighted by molar-refractivity contribution is 7.12. The van der Waals surface area contributed by atoms with Crippen molar-refractivity contribution in [2.24, 2.45) is 5.10 Å². The number of nitrogens with one attached hydrogen (secondary N) is 2. The van der Waals surface area contributed by atoms with Gasteiger partial charge in [-0.2, -0.15) is 5.10 Å². The molecule has 0 aliphatic heterocycles. The van der Waals surface area contributed by atoms with Crippen LogP contribution in [-0.2, 0) is 9.59 Å². The van der Waals surface area contributed by atoms with Crippen molar-refractivity contribution in [3.8, 4) is 5.75 Å². The van der Waals surface area contributed by atoms with Crippen LogP contribution in [0.3, 0.4) is 0 Å². The molecule has 3 aromatic rings. The highest BCUT2D eigenvalue weighted by atomic mass is 32.1. The zero-order chi connectivity index (χ0) is 21.5. The maximum Gasteiger partial charge on any atom is 0.353 e. The minimum Gasteiger partial charge on any atom is -0.422 e. The SMILES string of the molecule is Cc1cc(C)cc(NC(=O)C(=O)N/N=C/c2cccc(OC(=O)c3cccs3)c2)c1. The quantitative estimate of drug-likeness (QED) is 0.216. The van der Waals surface area contributed by atoms with Gasteiger partial charge in [0.2, 0.25) is 0 Å². The summed E-state index contributed by atoms with van der Waals surface area (Å²) in [7, 11) is 0. The highest BCUT2D eigenvalue weighted by Gasteiger charge is 2.13. The van der Waals surface area contributed by atoms with Crippen molar-refractivity contribution in [3.63, 3.8) is 0 Å². The molecule has 3 rings (SSSR count). The van der Waals surface area contributed by atoms with E-state index in [2.05, 4.69) is 15.8 Å². The predicted molar refractivity (Wildman–Crippen MR) is 116 cm³/mol. The molecule has 0 saturated carbocycles. The van der Waals surface area contributed by atoms with Gasteiger partial charge in [-0.25, -0.2) is 10.2 Å². The van der Waals surface area contributed by atoms with Crippen molar-refractivity contribution in [1.29, 1.82) is 0 Å². The van der Waals surface area contributed by atoms with Crippen LogP contribution in [0.5, 0.6) is 5.75 Å². The third-order valence-corrected chi connectivity index (χ3v) is 4.71. The number of rotatable bonds is 5. The van der Waals surface area contributed by atoms with E-state index in [9.17, 15) is 14.4 Å². The summed E-state index contributed by atoms with van der Waals surface area (Å²) in [5.74, 6) is -1.83. The molecule has 0 aliphatic carbocycles. The lowest BCUT2D eigenvalue weighted by Gasteiger charge is -2.06. The summed E-state index contributed by atoms with van der Waals surface area (Å²) >= 11 is 1.29. The summed E-state index contributed by atoms with van der Waals surface area (Å²) in [6.07, 6.45) is 1.35. The van der Waals surface area contributed by atoms with Gasteiger partial charge in [-0.15, -0.1) is 11.3 Å². The minimum atomic E-state index is -0.898. The fourth-order valence-corrected chi connectivity index (χ4v) is 3.26. The van der Waals surface area contributed by atoms with Gasteiger partial charge in [-0.3, -0.25) is 9.59 Å². The first-order valence-electron chi connectivity index (χ1n) is 8.99. The number of amides is 2. The van der Waals surface area contributed by atoms with E-state index in [0.717, 1.165) is 11.1 Å². The molecule has 2 aromatic carbocycles. The number of hydrogen-bond acceptors (Lipinski definition) is 6. The summed E-state index contributed by atoms with van der Waals surface area (Å²) in [5, 5.41) is 8.11. The van der Waals surface area contributed by atoms with E-state index in [4.69, 9.17) is 4.74 Å². The van der Waals surface area contributed by atoms with E-state index >= 15 is 0 Å². The Hall–Kier alpha value is -3.78. The molecule has 1 aromatic heterocycles. The fourth-order valence-electron chi connectivity index (χ4n) is 2.66. The summed E-state index contributed by atoms with van der Waals surface area (Å²) in [5.41, 5.74) is 5.25. The van der Waals surface area contributed by atoms with Crippen molar-refractivity contribution in [2.45, 2.75) is 13.8 Å². The van der Waals surface area contributed by atoms with E-state index in [1.807, 2.05) is 19.9 Å². The van der Waals surface area contributed by atoms with Crippen LogP contribution in [0, 0.1) is 13.8 Å². The van der Waals surface area contributed by atoms with Gasteiger partial charge >= 0.3 is 17.8 Å². The Balaban J connectivity index is 1.56. The molecule has 0 atom stereocenters. The zero-order valence-electron chi connectivity index (χ0n) is 16.3. The Morgan fingerprint density at radius 3 is 2.43 bits per heavy atom. The van der Waals surface area contributed by atoms with Gasteiger partial charge in [-0.1, -0.05) is 24.3 Å². The van der Waals surface area contributed by atoms with Crippen molar-refractivity contribution in [3.05, 3.63) is 81.5 Å². The number of hydrazone groups is 1. The maximum atomic E-state index is 12.0. The van der Waals surface area contributed by atoms with Gasteiger partial charge in [-0.05, 0) is 66.2 Å². The largest absolute Gasteiger partial charge is 0.422 e. The Morgan fingerprint density at radius 2 is 1.73 bits per heavy atom. The van der Waals surface area contributed by atoms with E-state index in [1.54, 1.807) is 53.9 Å². The number of carbonyl (C=O) groups excluding carboxylic acids is 3. The standard InChI is InChI=1S/C22H19N3O4S/c1-14-9-15(2)11-17(10-14)24-20(26)21(27)25-23-13-16-5-3-6-18(12-16)29-22(28)19-7-4-8-30-19/h3-13H,1-2H3,(H,24,26)(H,25,27)/b23-13+. The molecule has 0 radical (unpaired) electrons. The van der Waals surface area contributed by atoms with Gasteiger partial charge in [0.15, 0.2) is 0 Å². The molecule has 2 N–H and O–H groups in total. The molecule has 152 valence electrons. The smallest absolute Gasteiger partial charge is 0.353 e. The first kappa shape index (κ1) is 20.9. The summed E-state index contributed by atoms with van der Waals surface area (Å²) in [6, 6.07) is 15.6. The number of thiophene rings is 1. The third kappa shape index (κ3) is 5.86. The van der Waals surface area contributed by atoms with Gasteiger partial charge in [0, 0.05) is 5.69 Å². The molecule has 0 aliphatic rings. The average Bonchev–Trinajstić information content (AvgIpc) is 3.22. The average molecular weight is 421 g/mol. The van der Waals surface area contributed by atoms with E-state index in [0.29, 0.717) is 21.9 Å². The van der Waals surface area contributed by atoms with Gasteiger partial charge in [0.05, 0.1) is 6.21 Å². The topological polar surface area (TPSA) is 96.9 Å². The van der Waals surface area contributed by atoms with Crippen LogP contribution in [0.1, 0.15) is 26.4 Å². The van der Waals surface area contributed by atoms with Crippen LogP contribution in [0.4, 0.5) is 5.69 Å². The summed E-state index contributed by atoms with van der Waals surface area (Å²) < 4.78 is 5.31. The lowest BCUT2D eigenvalue weighted by atomic mass is 10.1. The van der Waals surface area contributed by atoms with E-state index in [-0.39, 0.29) is 0 Å². The molecule has 8 heteroatoms. The molecule has 0 bridgehead atoms. The Bertz CT molecular complexity index is 1090. The number of ether oxygens (including phenoxy) is 1. The van der Waals surface area contributed by atoms with Crippen LogP contribution in [0.25, 0.3) is 0 Å². The lowest BCUT2D eigenvalue weighted by molar-refractivity contribution is -0.136. The van der Waals surface area contributed by atoms with Crippen molar-refractivity contribution in [2.75, 3.05) is 5.32 Å². The maximum absolute atomic E-state index is 12.0. The second-order valence-corrected chi connectivity index (χ2v) is 7.42. The number of hydrogen-bond donors (Lipinski definition) is 2. The molecular formula is C22H19N3O4S. The number of nitrogens with zero attached hydrogens (tertiary/aromatic N) is 1. The number of esters is 1. The molecule has 0 spiro atoms. The van der Waals surface area contributed by atoms with Crippen LogP contribution in [0.15, 0.2) is 65.1 Å². The molecular weight excluding hydrogens is 402 g/mol. The second-order valence-electron chi connectivity index (χ2n) is 6.47. The molecule has 1 heterocycles. The Labute approximate surface area is 177 Å². The fraction of sp³-hybridized carbons (Fsp3) is 0.0909. The van der Waals surface area contributed by atoms with E-state index in [1.165, 1.54) is 17.6 Å². The highest BCUT2D eigenvalue weighted by Crippen LogP contribution is 2.17. The summed E-state index contributed by atoms with van der Waals surface area (Å²) in [4.78, 5) is 36.5. The Kier molecular flexibility index (Phi) is 6.71. The number of carbonyl (C=O) groups is 3. The van der Waals surface area contributed by atoms with Gasteiger partial charge in [0.25, 0.3) is 0 Å². The molecule has 0 fully saturated rings. The zero-order valence-corrected chi connectivity index (χ0v) is 17.2. The molecule has 7 nitrogen and oxygen atoms in total. The Morgan fingerprint density at radius 1 is 0.967 bits per heavy atom. The van der Waals surface area contributed by atoms with Crippen molar-refractivity contribution in [1.82, 2.24) is 5.43 Å². The number of benzene rings is 2. The van der Waals surface area contributed by atoms with Crippen LogP contribution < -0.4 is 15.5 Å². The van der Waals surface area contributed by atoms with Crippen LogP contribution >= 0.6 is 11.3 Å².